The summed E-state index contributed by atoms with van der Waals surface area (Å²) in [5, 5.41) is 5.05. The number of fused-ring (bicyclic) bond motifs is 6. The lowest BCUT2D eigenvalue weighted by Crippen LogP contribution is -2.10. The molecule has 0 fully saturated rings. The van der Waals surface area contributed by atoms with Gasteiger partial charge in [0.15, 0.2) is 0 Å². The lowest BCUT2D eigenvalue weighted by atomic mass is 9.77. The van der Waals surface area contributed by atoms with Crippen molar-refractivity contribution in [3.8, 4) is 44.5 Å². The lowest BCUT2D eigenvalue weighted by molar-refractivity contribution is 1.25. The summed E-state index contributed by atoms with van der Waals surface area (Å²) < 4.78 is 0. The Morgan fingerprint density at radius 1 is 0.298 bits per heavy atom. The van der Waals surface area contributed by atoms with Crippen molar-refractivity contribution in [3.05, 3.63) is 175 Å². The van der Waals surface area contributed by atoms with Crippen LogP contribution in [0.1, 0.15) is 11.1 Å². The van der Waals surface area contributed by atoms with Crippen LogP contribution in [0.25, 0.3) is 66.1 Å². The topological polar surface area (TPSA) is 3.24 Å². The van der Waals surface area contributed by atoms with Gasteiger partial charge in [0.05, 0.1) is 0 Å². The highest BCUT2D eigenvalue weighted by Gasteiger charge is 2.25. The third kappa shape index (κ3) is 4.63. The highest BCUT2D eigenvalue weighted by Crippen LogP contribution is 2.51. The van der Waals surface area contributed by atoms with Gasteiger partial charge in [-0.2, -0.15) is 0 Å². The van der Waals surface area contributed by atoms with Crippen molar-refractivity contribution in [1.82, 2.24) is 0 Å². The number of rotatable bonds is 5. The smallest absolute Gasteiger partial charge is 0.0468 e. The molecule has 1 aliphatic rings. The fraction of sp³-hybridized carbons (Fsp3) is 0.0435. The molecular weight excluding hydrogens is 567 g/mol. The molecule has 0 saturated carbocycles. The quantitative estimate of drug-likeness (QED) is 0.190. The van der Waals surface area contributed by atoms with Crippen LogP contribution < -0.4 is 4.90 Å². The third-order valence-corrected chi connectivity index (χ3v) is 9.84. The minimum absolute atomic E-state index is 1.15. The molecule has 0 aliphatic heterocycles. The summed E-state index contributed by atoms with van der Waals surface area (Å²) in [6, 6.07) is 60.1. The normalized spacial score (nSPS) is 11.6. The maximum atomic E-state index is 2.40. The van der Waals surface area contributed by atoms with Crippen LogP contribution in [0.4, 0.5) is 17.1 Å². The molecule has 47 heavy (non-hydrogen) atoms. The molecule has 1 aliphatic carbocycles. The van der Waals surface area contributed by atoms with E-state index in [-0.39, 0.29) is 0 Å². The van der Waals surface area contributed by atoms with Gasteiger partial charge >= 0.3 is 0 Å². The lowest BCUT2D eigenvalue weighted by Gasteiger charge is -2.28. The van der Waals surface area contributed by atoms with Gasteiger partial charge in [0.1, 0.15) is 0 Å². The summed E-state index contributed by atoms with van der Waals surface area (Å²) in [6.45, 7) is 4.36. The monoisotopic (exact) mass is 599 g/mol. The molecule has 0 heterocycles. The number of para-hydroxylation sites is 1. The molecule has 0 aromatic heterocycles. The van der Waals surface area contributed by atoms with Crippen molar-refractivity contribution in [2.45, 2.75) is 13.8 Å². The van der Waals surface area contributed by atoms with Gasteiger partial charge in [0, 0.05) is 17.1 Å². The van der Waals surface area contributed by atoms with Crippen LogP contribution in [0.2, 0.25) is 0 Å². The average molecular weight is 600 g/mol. The molecule has 0 atom stereocenters. The maximum absolute atomic E-state index is 2.40. The highest BCUT2D eigenvalue weighted by molar-refractivity contribution is 6.13. The first-order valence-corrected chi connectivity index (χ1v) is 16.3. The van der Waals surface area contributed by atoms with E-state index >= 15 is 0 Å². The van der Waals surface area contributed by atoms with Gasteiger partial charge in [-0.1, -0.05) is 91.0 Å². The van der Waals surface area contributed by atoms with E-state index in [0.29, 0.717) is 0 Å². The Morgan fingerprint density at radius 2 is 0.723 bits per heavy atom. The second-order valence-corrected chi connectivity index (χ2v) is 12.7. The van der Waals surface area contributed by atoms with Crippen LogP contribution in [0.15, 0.2) is 164 Å². The van der Waals surface area contributed by atoms with Gasteiger partial charge in [0.25, 0.3) is 0 Å². The maximum Gasteiger partial charge on any atom is 0.0468 e. The molecule has 8 aromatic carbocycles. The summed E-state index contributed by atoms with van der Waals surface area (Å²) in [4.78, 5) is 2.36. The number of aryl methyl sites for hydroxylation is 2. The van der Waals surface area contributed by atoms with Crippen LogP contribution in [0.5, 0.6) is 0 Å². The molecule has 8 aromatic rings. The van der Waals surface area contributed by atoms with Gasteiger partial charge in [-0.3, -0.25) is 0 Å². The van der Waals surface area contributed by atoms with Crippen molar-refractivity contribution in [3.63, 3.8) is 0 Å². The van der Waals surface area contributed by atoms with E-state index in [1.165, 1.54) is 82.9 Å². The average Bonchev–Trinajstić information content (AvgIpc) is 3.12. The summed E-state index contributed by atoms with van der Waals surface area (Å²) >= 11 is 0. The first kappa shape index (κ1) is 27.4. The van der Waals surface area contributed by atoms with Gasteiger partial charge in [-0.15, -0.1) is 0 Å². The zero-order valence-corrected chi connectivity index (χ0v) is 26.5. The van der Waals surface area contributed by atoms with E-state index in [4.69, 9.17) is 0 Å². The number of hydrogen-bond acceptors (Lipinski definition) is 1. The van der Waals surface area contributed by atoms with Crippen molar-refractivity contribution >= 4 is 38.6 Å². The van der Waals surface area contributed by atoms with Crippen molar-refractivity contribution < 1.29 is 0 Å². The van der Waals surface area contributed by atoms with Gasteiger partial charge in [-0.05, 0) is 164 Å². The fourth-order valence-electron chi connectivity index (χ4n) is 7.20. The summed E-state index contributed by atoms with van der Waals surface area (Å²) in [6.07, 6.45) is 0. The molecular formula is C46H33N. The van der Waals surface area contributed by atoms with Crippen LogP contribution in [-0.4, -0.2) is 0 Å². The first-order chi connectivity index (χ1) is 23.1. The van der Waals surface area contributed by atoms with Crippen molar-refractivity contribution in [1.29, 1.82) is 0 Å². The van der Waals surface area contributed by atoms with Gasteiger partial charge in [-0.25, -0.2) is 0 Å². The van der Waals surface area contributed by atoms with E-state index in [2.05, 4.69) is 183 Å². The van der Waals surface area contributed by atoms with Crippen LogP contribution >= 0.6 is 0 Å². The minimum Gasteiger partial charge on any atom is -0.310 e. The molecule has 0 N–H and O–H groups in total. The van der Waals surface area contributed by atoms with E-state index in [0.717, 1.165) is 11.4 Å². The molecule has 1 heteroatoms. The molecule has 0 spiro atoms. The standard InChI is InChI=1S/C46H33N/c1-30-18-20-39(22-31(30)2)47(38-16-10-5-11-17-38)40-21-19-34-24-43-44(27-35(34)23-40)46-29-37-26-42(33-14-8-4-9-15-33)41(25-36(37)28-45(43)46)32-12-6-3-7-13-32/h3-29H,1-2H3. The highest BCUT2D eigenvalue weighted by atomic mass is 15.1. The first-order valence-electron chi connectivity index (χ1n) is 16.3. The Bertz CT molecular complexity index is 2460. The number of nitrogens with zero attached hydrogens (tertiary/aromatic N) is 1. The van der Waals surface area contributed by atoms with E-state index in [9.17, 15) is 0 Å². The number of benzene rings is 8. The summed E-state index contributed by atoms with van der Waals surface area (Å²) in [5.74, 6) is 0. The molecule has 0 unspecified atom stereocenters. The third-order valence-electron chi connectivity index (χ3n) is 9.84. The van der Waals surface area contributed by atoms with E-state index < -0.39 is 0 Å². The number of anilines is 3. The molecule has 0 saturated heterocycles. The molecule has 0 radical (unpaired) electrons. The molecule has 0 amide bonds. The van der Waals surface area contributed by atoms with E-state index in [1.807, 2.05) is 0 Å². The zero-order chi connectivity index (χ0) is 31.5. The van der Waals surface area contributed by atoms with Crippen LogP contribution in [0.3, 0.4) is 0 Å². The largest absolute Gasteiger partial charge is 0.310 e. The zero-order valence-electron chi connectivity index (χ0n) is 26.5. The Kier molecular flexibility index (Phi) is 6.33. The van der Waals surface area contributed by atoms with Crippen LogP contribution in [-0.2, 0) is 0 Å². The Hall–Kier alpha value is -5.92. The SMILES string of the molecule is Cc1ccc(N(c2ccccc2)c2ccc3cc4c(cc3c2)-c2cc3cc(-c5ccccc5)c(-c5ccccc5)cc3cc2-4)cc1C. The molecule has 1 nitrogen and oxygen atoms in total. The minimum atomic E-state index is 1.15. The fourth-order valence-corrected chi connectivity index (χ4v) is 7.20. The Labute approximate surface area is 276 Å². The molecule has 222 valence electrons. The molecule has 0 bridgehead atoms. The van der Waals surface area contributed by atoms with Crippen molar-refractivity contribution in [2.75, 3.05) is 4.90 Å². The number of hydrogen-bond donors (Lipinski definition) is 0. The Balaban J connectivity index is 1.17. The predicted octanol–water partition coefficient (Wildman–Crippen LogP) is 13.1. The van der Waals surface area contributed by atoms with Crippen LogP contribution in [0, 0.1) is 13.8 Å². The second kappa shape index (κ2) is 10.9. The van der Waals surface area contributed by atoms with Crippen molar-refractivity contribution in [2.24, 2.45) is 0 Å². The molecule has 9 rings (SSSR count). The predicted molar refractivity (Wildman–Crippen MR) is 201 cm³/mol. The second-order valence-electron chi connectivity index (χ2n) is 12.7. The Morgan fingerprint density at radius 3 is 1.26 bits per heavy atom. The van der Waals surface area contributed by atoms with Gasteiger partial charge in [0.2, 0.25) is 0 Å². The van der Waals surface area contributed by atoms with E-state index in [1.54, 1.807) is 0 Å². The van der Waals surface area contributed by atoms with Gasteiger partial charge < -0.3 is 4.90 Å². The summed E-state index contributed by atoms with van der Waals surface area (Å²) in [5.41, 5.74) is 16.4. The summed E-state index contributed by atoms with van der Waals surface area (Å²) in [7, 11) is 0.